The number of hydrogen-bond donors (Lipinski definition) is 2. The first-order valence-corrected chi connectivity index (χ1v) is 7.37. The number of rotatable bonds is 5. The Hall–Kier alpha value is -3.00. The van der Waals surface area contributed by atoms with E-state index in [0.29, 0.717) is 6.54 Å². The number of nitrogens with one attached hydrogen (secondary N) is 2. The molecule has 0 bridgehead atoms. The lowest BCUT2D eigenvalue weighted by molar-refractivity contribution is -0.384. The van der Waals surface area contributed by atoms with Crippen LogP contribution in [0.1, 0.15) is 15.9 Å². The summed E-state index contributed by atoms with van der Waals surface area (Å²) in [6.07, 6.45) is 0. The third kappa shape index (κ3) is 4.75. The molecule has 7 nitrogen and oxygen atoms in total. The van der Waals surface area contributed by atoms with Crippen molar-refractivity contribution < 1.29 is 14.5 Å². The lowest BCUT2D eigenvalue weighted by Crippen LogP contribution is -2.38. The molecule has 0 saturated carbocycles. The SMILES string of the molecule is COc1ccc(CNC(=S)NC(=O)c2cccc([N+](=O)[O-])c2)cc1. The van der Waals surface area contributed by atoms with Gasteiger partial charge in [0, 0.05) is 24.2 Å². The summed E-state index contributed by atoms with van der Waals surface area (Å²) < 4.78 is 5.07. The van der Waals surface area contributed by atoms with E-state index in [1.807, 2.05) is 24.3 Å². The van der Waals surface area contributed by atoms with Crippen LogP contribution in [0.3, 0.4) is 0 Å². The minimum atomic E-state index is -0.559. The monoisotopic (exact) mass is 345 g/mol. The number of nitrogens with zero attached hydrogens (tertiary/aromatic N) is 1. The molecule has 0 aromatic heterocycles. The maximum atomic E-state index is 12.0. The fraction of sp³-hybridized carbons (Fsp3) is 0.125. The van der Waals surface area contributed by atoms with Crippen LogP contribution in [0.2, 0.25) is 0 Å². The maximum absolute atomic E-state index is 12.0. The summed E-state index contributed by atoms with van der Waals surface area (Å²) in [6.45, 7) is 0.429. The first-order valence-electron chi connectivity index (χ1n) is 6.96. The highest BCUT2D eigenvalue weighted by molar-refractivity contribution is 7.80. The predicted molar refractivity (Wildman–Crippen MR) is 93.0 cm³/mol. The molecule has 2 aromatic rings. The summed E-state index contributed by atoms with van der Waals surface area (Å²) in [5.41, 5.74) is 0.973. The van der Waals surface area contributed by atoms with Crippen molar-refractivity contribution in [3.05, 3.63) is 69.8 Å². The number of amides is 1. The van der Waals surface area contributed by atoms with Crippen molar-refractivity contribution in [1.82, 2.24) is 10.6 Å². The summed E-state index contributed by atoms with van der Waals surface area (Å²) in [6, 6.07) is 12.8. The van der Waals surface area contributed by atoms with Crippen molar-refractivity contribution in [2.45, 2.75) is 6.54 Å². The van der Waals surface area contributed by atoms with Gasteiger partial charge < -0.3 is 10.1 Å². The molecule has 24 heavy (non-hydrogen) atoms. The Balaban J connectivity index is 1.90. The second-order valence-electron chi connectivity index (χ2n) is 4.79. The van der Waals surface area contributed by atoms with E-state index < -0.39 is 10.8 Å². The number of non-ortho nitro benzene ring substituents is 1. The lowest BCUT2D eigenvalue weighted by atomic mass is 10.2. The second kappa shape index (κ2) is 8.02. The van der Waals surface area contributed by atoms with Crippen molar-refractivity contribution in [2.24, 2.45) is 0 Å². The topological polar surface area (TPSA) is 93.5 Å². The van der Waals surface area contributed by atoms with Gasteiger partial charge in [0.2, 0.25) is 0 Å². The first kappa shape index (κ1) is 17.4. The van der Waals surface area contributed by atoms with E-state index in [2.05, 4.69) is 10.6 Å². The Morgan fingerprint density at radius 3 is 2.58 bits per heavy atom. The van der Waals surface area contributed by atoms with Crippen LogP contribution in [-0.2, 0) is 6.54 Å². The van der Waals surface area contributed by atoms with Gasteiger partial charge in [-0.1, -0.05) is 18.2 Å². The molecule has 0 aliphatic rings. The van der Waals surface area contributed by atoms with Crippen molar-refractivity contribution in [3.8, 4) is 5.75 Å². The number of carbonyl (C=O) groups excluding carboxylic acids is 1. The normalized spacial score (nSPS) is 9.88. The lowest BCUT2D eigenvalue weighted by Gasteiger charge is -2.10. The van der Waals surface area contributed by atoms with Crippen LogP contribution in [0.25, 0.3) is 0 Å². The zero-order chi connectivity index (χ0) is 17.5. The highest BCUT2D eigenvalue weighted by Crippen LogP contribution is 2.13. The number of thiocarbonyl (C=S) groups is 1. The third-order valence-corrected chi connectivity index (χ3v) is 3.40. The van der Waals surface area contributed by atoms with Gasteiger partial charge in [-0.25, -0.2) is 0 Å². The van der Waals surface area contributed by atoms with Gasteiger partial charge in [0.05, 0.1) is 12.0 Å². The Bertz CT molecular complexity index is 762. The predicted octanol–water partition coefficient (Wildman–Crippen LogP) is 2.41. The maximum Gasteiger partial charge on any atom is 0.270 e. The zero-order valence-electron chi connectivity index (χ0n) is 12.8. The van der Waals surface area contributed by atoms with Gasteiger partial charge in [0.1, 0.15) is 5.75 Å². The van der Waals surface area contributed by atoms with E-state index in [9.17, 15) is 14.9 Å². The van der Waals surface area contributed by atoms with Crippen LogP contribution in [0.4, 0.5) is 5.69 Å². The molecule has 8 heteroatoms. The Morgan fingerprint density at radius 2 is 1.96 bits per heavy atom. The molecule has 2 aromatic carbocycles. The van der Waals surface area contributed by atoms with Crippen molar-refractivity contribution >= 4 is 28.9 Å². The Labute approximate surface area is 143 Å². The van der Waals surface area contributed by atoms with Gasteiger partial charge in [-0.2, -0.15) is 0 Å². The van der Waals surface area contributed by atoms with Crippen LogP contribution in [0.5, 0.6) is 5.75 Å². The molecule has 0 aliphatic heterocycles. The summed E-state index contributed by atoms with van der Waals surface area (Å²) in [4.78, 5) is 22.2. The largest absolute Gasteiger partial charge is 0.497 e. The Morgan fingerprint density at radius 1 is 1.25 bits per heavy atom. The van der Waals surface area contributed by atoms with E-state index in [0.717, 1.165) is 11.3 Å². The molecule has 0 atom stereocenters. The summed E-state index contributed by atoms with van der Waals surface area (Å²) in [5.74, 6) is 0.242. The van der Waals surface area contributed by atoms with E-state index in [1.54, 1.807) is 7.11 Å². The fourth-order valence-electron chi connectivity index (χ4n) is 1.91. The van der Waals surface area contributed by atoms with Crippen molar-refractivity contribution in [2.75, 3.05) is 7.11 Å². The van der Waals surface area contributed by atoms with Gasteiger partial charge in [-0.05, 0) is 36.0 Å². The number of hydrogen-bond acceptors (Lipinski definition) is 5. The molecule has 0 heterocycles. The Kier molecular flexibility index (Phi) is 5.80. The van der Waals surface area contributed by atoms with Crippen LogP contribution in [-0.4, -0.2) is 23.1 Å². The zero-order valence-corrected chi connectivity index (χ0v) is 13.6. The standard InChI is InChI=1S/C16H15N3O4S/c1-23-14-7-5-11(6-8-14)10-17-16(24)18-15(20)12-3-2-4-13(9-12)19(21)22/h2-9H,10H2,1H3,(H2,17,18,20,24). The van der Waals surface area contributed by atoms with Crippen molar-refractivity contribution in [1.29, 1.82) is 0 Å². The molecular formula is C16H15N3O4S. The first-order chi connectivity index (χ1) is 11.5. The van der Waals surface area contributed by atoms with Gasteiger partial charge in [0.25, 0.3) is 11.6 Å². The molecule has 0 aliphatic carbocycles. The molecule has 2 rings (SSSR count). The average molecular weight is 345 g/mol. The number of nitro groups is 1. The van der Waals surface area contributed by atoms with Crippen LogP contribution < -0.4 is 15.4 Å². The van der Waals surface area contributed by atoms with Crippen LogP contribution in [0, 0.1) is 10.1 Å². The molecule has 0 fully saturated rings. The van der Waals surface area contributed by atoms with E-state index >= 15 is 0 Å². The fourth-order valence-corrected chi connectivity index (χ4v) is 2.07. The van der Waals surface area contributed by atoms with E-state index in [-0.39, 0.29) is 16.4 Å². The second-order valence-corrected chi connectivity index (χ2v) is 5.20. The van der Waals surface area contributed by atoms with Gasteiger partial charge in [-0.3, -0.25) is 20.2 Å². The number of benzene rings is 2. The van der Waals surface area contributed by atoms with Crippen LogP contribution in [0.15, 0.2) is 48.5 Å². The number of nitro benzene ring substituents is 1. The minimum absolute atomic E-state index is 0.141. The summed E-state index contributed by atoms with van der Waals surface area (Å²) >= 11 is 5.06. The summed E-state index contributed by atoms with van der Waals surface area (Å²) in [7, 11) is 1.59. The quantitative estimate of drug-likeness (QED) is 0.491. The molecule has 0 unspecified atom stereocenters. The van der Waals surface area contributed by atoms with E-state index in [1.165, 1.54) is 24.3 Å². The highest BCUT2D eigenvalue weighted by Gasteiger charge is 2.12. The smallest absolute Gasteiger partial charge is 0.270 e. The number of carbonyl (C=O) groups is 1. The van der Waals surface area contributed by atoms with Crippen LogP contribution >= 0.6 is 12.2 Å². The average Bonchev–Trinajstić information content (AvgIpc) is 2.60. The molecule has 0 radical (unpaired) electrons. The molecule has 1 amide bonds. The minimum Gasteiger partial charge on any atom is -0.497 e. The molecule has 124 valence electrons. The van der Waals surface area contributed by atoms with Gasteiger partial charge >= 0.3 is 0 Å². The van der Waals surface area contributed by atoms with Crippen molar-refractivity contribution in [3.63, 3.8) is 0 Å². The molecule has 0 spiro atoms. The molecular weight excluding hydrogens is 330 g/mol. The van der Waals surface area contributed by atoms with E-state index in [4.69, 9.17) is 17.0 Å². The highest BCUT2D eigenvalue weighted by atomic mass is 32.1. The number of ether oxygens (including phenoxy) is 1. The molecule has 0 saturated heterocycles. The summed E-state index contributed by atoms with van der Waals surface area (Å²) in [5, 5.41) is 16.3. The number of methoxy groups -OCH3 is 1. The third-order valence-electron chi connectivity index (χ3n) is 3.16. The van der Waals surface area contributed by atoms with Gasteiger partial charge in [0.15, 0.2) is 5.11 Å². The molecule has 2 N–H and O–H groups in total. The van der Waals surface area contributed by atoms with Gasteiger partial charge in [-0.15, -0.1) is 0 Å².